The fourth-order valence-corrected chi connectivity index (χ4v) is 2.82. The molecule has 3 rings (SSSR count). The van der Waals surface area contributed by atoms with Crippen molar-refractivity contribution in [2.45, 2.75) is 58.7 Å². The van der Waals surface area contributed by atoms with Gasteiger partial charge in [-0.1, -0.05) is 19.0 Å². The third-order valence-electron chi connectivity index (χ3n) is 4.11. The fourth-order valence-electron chi connectivity index (χ4n) is 2.82. The van der Waals surface area contributed by atoms with Gasteiger partial charge < -0.3 is 15.2 Å². The second-order valence-corrected chi connectivity index (χ2v) is 6.38. The summed E-state index contributed by atoms with van der Waals surface area (Å²) in [6, 6.07) is 2.10. The molecule has 2 aromatic rings. The van der Waals surface area contributed by atoms with Crippen molar-refractivity contribution in [2.75, 3.05) is 7.05 Å². The molecule has 1 unspecified atom stereocenters. The maximum Gasteiger partial charge on any atom is 0.191 e. The molecule has 2 aromatic heterocycles. The average molecular weight is 331 g/mol. The first kappa shape index (κ1) is 16.5. The highest BCUT2D eigenvalue weighted by Crippen LogP contribution is 2.22. The molecule has 0 aromatic carbocycles. The van der Waals surface area contributed by atoms with Gasteiger partial charge in [0.25, 0.3) is 0 Å². The van der Waals surface area contributed by atoms with E-state index in [-0.39, 0.29) is 6.04 Å². The van der Waals surface area contributed by atoms with E-state index in [4.69, 9.17) is 4.52 Å². The van der Waals surface area contributed by atoms with E-state index in [1.807, 2.05) is 17.7 Å². The highest BCUT2D eigenvalue weighted by atomic mass is 16.5. The Morgan fingerprint density at radius 2 is 2.33 bits per heavy atom. The number of aliphatic imine (C=N–C) groups is 1. The van der Waals surface area contributed by atoms with E-state index >= 15 is 0 Å². The maximum atomic E-state index is 5.35. The molecule has 8 heteroatoms. The van der Waals surface area contributed by atoms with Crippen LogP contribution >= 0.6 is 0 Å². The second-order valence-electron chi connectivity index (χ2n) is 6.38. The standard InChI is InChI=1S/C16H25N7O/c1-10(2)14-8-12(24-22-14)9-18-16(17-4)20-13-6-5-7-23-15(13)19-11(3)21-23/h8,10,13H,5-7,9H2,1-4H3,(H2,17,18,20). The van der Waals surface area contributed by atoms with Crippen LogP contribution in [-0.4, -0.2) is 32.9 Å². The predicted octanol–water partition coefficient (Wildman–Crippen LogP) is 1.90. The van der Waals surface area contributed by atoms with Crippen molar-refractivity contribution in [1.82, 2.24) is 30.6 Å². The van der Waals surface area contributed by atoms with E-state index in [0.717, 1.165) is 48.4 Å². The molecule has 2 N–H and O–H groups in total. The van der Waals surface area contributed by atoms with Crippen LogP contribution in [0.25, 0.3) is 0 Å². The monoisotopic (exact) mass is 331 g/mol. The summed E-state index contributed by atoms with van der Waals surface area (Å²) in [6.07, 6.45) is 2.09. The van der Waals surface area contributed by atoms with Crippen LogP contribution < -0.4 is 10.6 Å². The van der Waals surface area contributed by atoms with Crippen LogP contribution in [0.3, 0.4) is 0 Å². The van der Waals surface area contributed by atoms with Gasteiger partial charge in [-0.25, -0.2) is 9.67 Å². The fraction of sp³-hybridized carbons (Fsp3) is 0.625. The lowest BCUT2D eigenvalue weighted by Crippen LogP contribution is -2.41. The number of guanidine groups is 1. The van der Waals surface area contributed by atoms with E-state index in [1.54, 1.807) is 7.05 Å². The molecule has 0 bridgehead atoms. The van der Waals surface area contributed by atoms with Crippen molar-refractivity contribution >= 4 is 5.96 Å². The van der Waals surface area contributed by atoms with E-state index < -0.39 is 0 Å². The number of hydrogen-bond acceptors (Lipinski definition) is 5. The van der Waals surface area contributed by atoms with Crippen molar-refractivity contribution < 1.29 is 4.52 Å². The summed E-state index contributed by atoms with van der Waals surface area (Å²) >= 11 is 0. The van der Waals surface area contributed by atoms with Crippen LogP contribution in [0.4, 0.5) is 0 Å². The molecule has 1 aliphatic rings. The zero-order valence-corrected chi connectivity index (χ0v) is 14.7. The summed E-state index contributed by atoms with van der Waals surface area (Å²) < 4.78 is 7.33. The minimum Gasteiger partial charge on any atom is -0.359 e. The summed E-state index contributed by atoms with van der Waals surface area (Å²) in [5.74, 6) is 3.66. The smallest absolute Gasteiger partial charge is 0.191 e. The second kappa shape index (κ2) is 7.02. The number of hydrogen-bond donors (Lipinski definition) is 2. The molecule has 24 heavy (non-hydrogen) atoms. The molecule has 0 radical (unpaired) electrons. The van der Waals surface area contributed by atoms with Crippen molar-refractivity contribution in [2.24, 2.45) is 4.99 Å². The summed E-state index contributed by atoms with van der Waals surface area (Å²) in [5.41, 5.74) is 0.964. The third kappa shape index (κ3) is 3.58. The van der Waals surface area contributed by atoms with E-state index in [1.165, 1.54) is 0 Å². The van der Waals surface area contributed by atoms with Gasteiger partial charge in [0.15, 0.2) is 11.7 Å². The molecular formula is C16H25N7O. The molecule has 0 saturated carbocycles. The zero-order valence-electron chi connectivity index (χ0n) is 14.7. The summed E-state index contributed by atoms with van der Waals surface area (Å²) in [6.45, 7) is 7.58. The average Bonchev–Trinajstić information content (AvgIpc) is 3.17. The van der Waals surface area contributed by atoms with Gasteiger partial charge in [0.2, 0.25) is 0 Å². The topological polar surface area (TPSA) is 93.2 Å². The van der Waals surface area contributed by atoms with Crippen LogP contribution in [0.2, 0.25) is 0 Å². The van der Waals surface area contributed by atoms with Gasteiger partial charge in [0, 0.05) is 19.7 Å². The van der Waals surface area contributed by atoms with Crippen LogP contribution in [0, 0.1) is 6.92 Å². The normalized spacial score (nSPS) is 17.9. The Hall–Kier alpha value is -2.38. The molecule has 130 valence electrons. The number of rotatable bonds is 4. The highest BCUT2D eigenvalue weighted by Gasteiger charge is 2.24. The molecule has 0 amide bonds. The molecule has 8 nitrogen and oxygen atoms in total. The van der Waals surface area contributed by atoms with Gasteiger partial charge in [-0.15, -0.1) is 0 Å². The minimum atomic E-state index is 0.118. The van der Waals surface area contributed by atoms with Crippen LogP contribution in [0.1, 0.15) is 61.8 Å². The Morgan fingerprint density at radius 3 is 3.04 bits per heavy atom. The molecule has 1 atom stereocenters. The van der Waals surface area contributed by atoms with Crippen molar-refractivity contribution in [3.63, 3.8) is 0 Å². The Balaban J connectivity index is 1.61. The third-order valence-corrected chi connectivity index (χ3v) is 4.11. The van der Waals surface area contributed by atoms with Gasteiger partial charge in [0.05, 0.1) is 18.3 Å². The molecule has 0 saturated heterocycles. The van der Waals surface area contributed by atoms with Gasteiger partial charge in [0.1, 0.15) is 11.6 Å². The lowest BCUT2D eigenvalue weighted by Gasteiger charge is -2.24. The number of aryl methyl sites for hydroxylation is 2. The van der Waals surface area contributed by atoms with Gasteiger partial charge in [-0.2, -0.15) is 5.10 Å². The lowest BCUT2D eigenvalue weighted by atomic mass is 10.1. The van der Waals surface area contributed by atoms with Crippen molar-refractivity contribution in [1.29, 1.82) is 0 Å². The van der Waals surface area contributed by atoms with Crippen LogP contribution in [0.5, 0.6) is 0 Å². The van der Waals surface area contributed by atoms with E-state index in [0.29, 0.717) is 12.5 Å². The maximum absolute atomic E-state index is 5.35. The Kier molecular flexibility index (Phi) is 4.82. The summed E-state index contributed by atoms with van der Waals surface area (Å²) in [5, 5.41) is 15.2. The first-order valence-corrected chi connectivity index (χ1v) is 8.41. The summed E-state index contributed by atoms with van der Waals surface area (Å²) in [7, 11) is 1.76. The molecule has 0 spiro atoms. The molecule has 0 aliphatic carbocycles. The van der Waals surface area contributed by atoms with Crippen LogP contribution in [-0.2, 0) is 13.1 Å². The molecule has 0 fully saturated rings. The Bertz CT molecular complexity index is 716. The Morgan fingerprint density at radius 1 is 1.50 bits per heavy atom. The quantitative estimate of drug-likeness (QED) is 0.656. The van der Waals surface area contributed by atoms with Gasteiger partial charge in [-0.3, -0.25) is 4.99 Å². The number of nitrogens with zero attached hydrogens (tertiary/aromatic N) is 5. The predicted molar refractivity (Wildman–Crippen MR) is 90.7 cm³/mol. The molecule has 1 aliphatic heterocycles. The number of aromatic nitrogens is 4. The number of nitrogens with one attached hydrogen (secondary N) is 2. The van der Waals surface area contributed by atoms with Gasteiger partial charge >= 0.3 is 0 Å². The lowest BCUT2D eigenvalue weighted by molar-refractivity contribution is 0.370. The molecule has 3 heterocycles. The SMILES string of the molecule is CN=C(NCc1cc(C(C)C)no1)NC1CCCn2nc(C)nc21. The largest absolute Gasteiger partial charge is 0.359 e. The van der Waals surface area contributed by atoms with E-state index in [9.17, 15) is 0 Å². The Labute approximate surface area is 141 Å². The van der Waals surface area contributed by atoms with E-state index in [2.05, 4.69) is 44.7 Å². The van der Waals surface area contributed by atoms with Crippen molar-refractivity contribution in [3.05, 3.63) is 29.2 Å². The van der Waals surface area contributed by atoms with Crippen LogP contribution in [0.15, 0.2) is 15.6 Å². The first-order chi connectivity index (χ1) is 11.6. The summed E-state index contributed by atoms with van der Waals surface area (Å²) in [4.78, 5) is 8.83. The number of fused-ring (bicyclic) bond motifs is 1. The molecular weight excluding hydrogens is 306 g/mol. The van der Waals surface area contributed by atoms with Crippen molar-refractivity contribution in [3.8, 4) is 0 Å². The minimum absolute atomic E-state index is 0.118. The highest BCUT2D eigenvalue weighted by molar-refractivity contribution is 5.79. The van der Waals surface area contributed by atoms with Gasteiger partial charge in [-0.05, 0) is 25.7 Å². The zero-order chi connectivity index (χ0) is 17.1. The first-order valence-electron chi connectivity index (χ1n) is 8.41.